The van der Waals surface area contributed by atoms with Gasteiger partial charge in [0.2, 0.25) is 15.9 Å². The van der Waals surface area contributed by atoms with Gasteiger partial charge in [0, 0.05) is 23.9 Å². The van der Waals surface area contributed by atoms with E-state index < -0.39 is 26.9 Å². The van der Waals surface area contributed by atoms with Crippen LogP contribution in [0.4, 0.5) is 11.4 Å². The zero-order valence-corrected chi connectivity index (χ0v) is 16.1. The third kappa shape index (κ3) is 4.96. The summed E-state index contributed by atoms with van der Waals surface area (Å²) in [5, 5.41) is 13.2. The fourth-order valence-corrected chi connectivity index (χ4v) is 3.50. The molecule has 0 aromatic heterocycles. The number of non-ortho nitro benzene ring substituents is 1. The topological polar surface area (TPSA) is 137 Å². The smallest absolute Gasteiger partial charge is 0.271 e. The summed E-state index contributed by atoms with van der Waals surface area (Å²) in [5.74, 6) is -0.0958. The van der Waals surface area contributed by atoms with Crippen LogP contribution >= 0.6 is 0 Å². The molecule has 0 radical (unpaired) electrons. The molecule has 0 bridgehead atoms. The molecule has 0 saturated carbocycles. The lowest BCUT2D eigenvalue weighted by atomic mass is 10.2. The Balaban J connectivity index is 2.14. The van der Waals surface area contributed by atoms with E-state index in [1.165, 1.54) is 63.6 Å². The summed E-state index contributed by atoms with van der Waals surface area (Å²) in [5.41, 5.74) is -0.0206. The Hall–Kier alpha value is -3.18. The summed E-state index contributed by atoms with van der Waals surface area (Å²) in [6.45, 7) is 1.35. The lowest BCUT2D eigenvalue weighted by molar-refractivity contribution is -0.384. The van der Waals surface area contributed by atoms with Crippen LogP contribution < -0.4 is 19.5 Å². The number of amides is 1. The fraction of sp³-hybridized carbons (Fsp3) is 0.235. The average molecular weight is 409 g/mol. The molecule has 11 heteroatoms. The van der Waals surface area contributed by atoms with Gasteiger partial charge in [-0.05, 0) is 25.1 Å². The van der Waals surface area contributed by atoms with Crippen LogP contribution in [0, 0.1) is 10.1 Å². The third-order valence-corrected chi connectivity index (χ3v) is 5.25. The summed E-state index contributed by atoms with van der Waals surface area (Å²) in [7, 11) is -1.24. The molecule has 0 unspecified atom stereocenters. The highest BCUT2D eigenvalue weighted by atomic mass is 32.2. The summed E-state index contributed by atoms with van der Waals surface area (Å²) in [6, 6.07) is 8.19. The minimum Gasteiger partial charge on any atom is -0.493 e. The van der Waals surface area contributed by atoms with E-state index in [9.17, 15) is 23.3 Å². The van der Waals surface area contributed by atoms with E-state index in [1.807, 2.05) is 0 Å². The minimum absolute atomic E-state index is 0.111. The van der Waals surface area contributed by atoms with Gasteiger partial charge in [0.05, 0.1) is 30.1 Å². The van der Waals surface area contributed by atoms with E-state index >= 15 is 0 Å². The third-order valence-electron chi connectivity index (χ3n) is 3.72. The molecule has 1 atom stereocenters. The Labute approximate surface area is 161 Å². The highest BCUT2D eigenvalue weighted by molar-refractivity contribution is 7.89. The van der Waals surface area contributed by atoms with Gasteiger partial charge in [0.15, 0.2) is 11.5 Å². The molecular weight excluding hydrogens is 390 g/mol. The summed E-state index contributed by atoms with van der Waals surface area (Å²) in [6.07, 6.45) is 0. The summed E-state index contributed by atoms with van der Waals surface area (Å²) < 4.78 is 37.5. The maximum absolute atomic E-state index is 12.5. The standard InChI is InChI=1S/C17H19N3O7S/c1-11(17(21)18-12-5-4-6-13(9-12)20(22)23)19-28(24,25)14-7-8-15(26-2)16(10-14)27-3/h4-11,19H,1-3H3,(H,18,21)/t11-/m0/s1. The molecule has 1 amide bonds. The zero-order valence-electron chi connectivity index (χ0n) is 15.3. The minimum atomic E-state index is -4.03. The van der Waals surface area contributed by atoms with Crippen LogP contribution in [-0.4, -0.2) is 39.5 Å². The number of hydrogen-bond acceptors (Lipinski definition) is 7. The molecule has 0 aliphatic heterocycles. The number of sulfonamides is 1. The van der Waals surface area contributed by atoms with Gasteiger partial charge in [0.25, 0.3) is 5.69 Å². The Kier molecular flexibility index (Phi) is 6.54. The van der Waals surface area contributed by atoms with Gasteiger partial charge < -0.3 is 14.8 Å². The monoisotopic (exact) mass is 409 g/mol. The molecule has 2 aromatic carbocycles. The number of carbonyl (C=O) groups is 1. The van der Waals surface area contributed by atoms with Crippen molar-refractivity contribution in [2.75, 3.05) is 19.5 Å². The Morgan fingerprint density at radius 3 is 2.39 bits per heavy atom. The van der Waals surface area contributed by atoms with Gasteiger partial charge in [-0.1, -0.05) is 6.07 Å². The van der Waals surface area contributed by atoms with Gasteiger partial charge in [-0.15, -0.1) is 0 Å². The van der Waals surface area contributed by atoms with Gasteiger partial charge in [-0.3, -0.25) is 14.9 Å². The van der Waals surface area contributed by atoms with E-state index in [4.69, 9.17) is 9.47 Å². The van der Waals surface area contributed by atoms with Crippen molar-refractivity contribution in [2.45, 2.75) is 17.9 Å². The van der Waals surface area contributed by atoms with E-state index in [0.29, 0.717) is 5.75 Å². The lowest BCUT2D eigenvalue weighted by Crippen LogP contribution is -2.41. The lowest BCUT2D eigenvalue weighted by Gasteiger charge is -2.15. The molecule has 0 spiro atoms. The van der Waals surface area contributed by atoms with Crippen LogP contribution in [0.25, 0.3) is 0 Å². The first-order chi connectivity index (χ1) is 13.2. The highest BCUT2D eigenvalue weighted by Crippen LogP contribution is 2.29. The number of nitrogens with one attached hydrogen (secondary N) is 2. The normalized spacial score (nSPS) is 12.1. The number of methoxy groups -OCH3 is 2. The molecule has 0 heterocycles. The SMILES string of the molecule is COc1ccc(S(=O)(=O)N[C@@H](C)C(=O)Nc2cccc([N+](=O)[O-])c2)cc1OC. The number of carbonyl (C=O) groups excluding carboxylic acids is 1. The van der Waals surface area contributed by atoms with Gasteiger partial charge in [-0.25, -0.2) is 8.42 Å². The molecule has 0 saturated heterocycles. The number of benzene rings is 2. The van der Waals surface area contributed by atoms with Crippen molar-refractivity contribution in [2.24, 2.45) is 0 Å². The Morgan fingerprint density at radius 1 is 1.11 bits per heavy atom. The van der Waals surface area contributed by atoms with Crippen molar-refractivity contribution in [3.8, 4) is 11.5 Å². The zero-order chi connectivity index (χ0) is 20.9. The maximum atomic E-state index is 12.5. The van der Waals surface area contributed by atoms with Gasteiger partial charge in [0.1, 0.15) is 0 Å². The largest absolute Gasteiger partial charge is 0.493 e. The molecule has 0 aliphatic carbocycles. The Bertz CT molecular complexity index is 992. The maximum Gasteiger partial charge on any atom is 0.271 e. The predicted molar refractivity (Wildman–Crippen MR) is 101 cm³/mol. The number of nitro groups is 1. The van der Waals surface area contributed by atoms with Crippen LogP contribution in [0.2, 0.25) is 0 Å². The number of rotatable bonds is 8. The first kappa shape index (κ1) is 21.1. The van der Waals surface area contributed by atoms with E-state index in [2.05, 4.69) is 10.0 Å². The second kappa shape index (κ2) is 8.67. The van der Waals surface area contributed by atoms with Crippen molar-refractivity contribution in [3.63, 3.8) is 0 Å². The molecule has 28 heavy (non-hydrogen) atoms. The molecule has 0 aliphatic rings. The summed E-state index contributed by atoms with van der Waals surface area (Å²) in [4.78, 5) is 22.4. The number of hydrogen-bond donors (Lipinski definition) is 2. The van der Waals surface area contributed by atoms with Crippen LogP contribution in [0.1, 0.15) is 6.92 Å². The highest BCUT2D eigenvalue weighted by Gasteiger charge is 2.23. The average Bonchev–Trinajstić information content (AvgIpc) is 2.67. The Morgan fingerprint density at radius 2 is 1.79 bits per heavy atom. The number of anilines is 1. The molecule has 2 rings (SSSR count). The second-order valence-corrected chi connectivity index (χ2v) is 7.37. The van der Waals surface area contributed by atoms with Gasteiger partial charge in [-0.2, -0.15) is 4.72 Å². The van der Waals surface area contributed by atoms with Crippen LogP contribution in [0.3, 0.4) is 0 Å². The van der Waals surface area contributed by atoms with E-state index in [1.54, 1.807) is 0 Å². The first-order valence-electron chi connectivity index (χ1n) is 7.97. The molecule has 2 aromatic rings. The second-order valence-electron chi connectivity index (χ2n) is 5.66. The van der Waals surface area contributed by atoms with Crippen molar-refractivity contribution in [3.05, 3.63) is 52.6 Å². The fourth-order valence-electron chi connectivity index (χ4n) is 2.29. The van der Waals surface area contributed by atoms with Crippen LogP contribution in [0.15, 0.2) is 47.4 Å². The molecule has 2 N–H and O–H groups in total. The number of ether oxygens (including phenoxy) is 2. The van der Waals surface area contributed by atoms with Crippen molar-refractivity contribution in [1.29, 1.82) is 0 Å². The van der Waals surface area contributed by atoms with Gasteiger partial charge >= 0.3 is 0 Å². The van der Waals surface area contributed by atoms with Crippen LogP contribution in [-0.2, 0) is 14.8 Å². The van der Waals surface area contributed by atoms with Crippen LogP contribution in [0.5, 0.6) is 11.5 Å². The van der Waals surface area contributed by atoms with Crippen molar-refractivity contribution in [1.82, 2.24) is 4.72 Å². The molecule has 10 nitrogen and oxygen atoms in total. The van der Waals surface area contributed by atoms with Crippen molar-refractivity contribution < 1.29 is 27.6 Å². The molecule has 150 valence electrons. The molecule has 0 fully saturated rings. The van der Waals surface area contributed by atoms with Crippen molar-refractivity contribution >= 4 is 27.3 Å². The first-order valence-corrected chi connectivity index (χ1v) is 9.46. The number of nitrogens with zero attached hydrogens (tertiary/aromatic N) is 1. The van der Waals surface area contributed by atoms with E-state index in [-0.39, 0.29) is 22.0 Å². The molecular formula is C17H19N3O7S. The quantitative estimate of drug-likeness (QED) is 0.502. The number of nitro benzene ring substituents is 1. The van der Waals surface area contributed by atoms with E-state index in [0.717, 1.165) is 0 Å². The predicted octanol–water partition coefficient (Wildman–Crippen LogP) is 1.92. The summed E-state index contributed by atoms with van der Waals surface area (Å²) >= 11 is 0.